The van der Waals surface area contributed by atoms with E-state index in [4.69, 9.17) is 4.42 Å². The fourth-order valence-corrected chi connectivity index (χ4v) is 3.66. The molecule has 34 heavy (non-hydrogen) atoms. The molecule has 0 unspecified atom stereocenters. The van der Waals surface area contributed by atoms with Gasteiger partial charge in [-0.05, 0) is 73.4 Å². The van der Waals surface area contributed by atoms with Crippen LogP contribution < -0.4 is 10.6 Å². The molecule has 0 bridgehead atoms. The van der Waals surface area contributed by atoms with Crippen molar-refractivity contribution >= 4 is 17.5 Å². The van der Waals surface area contributed by atoms with E-state index in [2.05, 4.69) is 20.8 Å². The van der Waals surface area contributed by atoms with Crippen LogP contribution in [0.3, 0.4) is 0 Å². The molecule has 7 nitrogen and oxygen atoms in total. The van der Waals surface area contributed by atoms with Crippen molar-refractivity contribution in [2.75, 3.05) is 5.32 Å². The number of hydrogen-bond donors (Lipinski definition) is 2. The number of nitrogens with zero attached hydrogens (tertiary/aromatic N) is 2. The van der Waals surface area contributed by atoms with Crippen LogP contribution >= 0.6 is 0 Å². The van der Waals surface area contributed by atoms with Gasteiger partial charge in [0.2, 0.25) is 17.7 Å². The summed E-state index contributed by atoms with van der Waals surface area (Å²) in [5.41, 5.74) is 4.88. The van der Waals surface area contributed by atoms with Crippen LogP contribution in [0.4, 0.5) is 5.69 Å². The lowest BCUT2D eigenvalue weighted by Gasteiger charge is -2.09. The van der Waals surface area contributed by atoms with E-state index in [9.17, 15) is 9.59 Å². The summed E-state index contributed by atoms with van der Waals surface area (Å²) >= 11 is 0. The number of amides is 2. The van der Waals surface area contributed by atoms with Gasteiger partial charge >= 0.3 is 0 Å². The average Bonchev–Trinajstić information content (AvgIpc) is 3.60. The Balaban J connectivity index is 1.21. The number of hydrogen-bond acceptors (Lipinski definition) is 5. The molecule has 0 aliphatic heterocycles. The van der Waals surface area contributed by atoms with Gasteiger partial charge in [0.1, 0.15) is 0 Å². The van der Waals surface area contributed by atoms with Crippen LogP contribution in [0.15, 0.2) is 77.2 Å². The van der Waals surface area contributed by atoms with Crippen LogP contribution in [0, 0.1) is 12.8 Å². The second-order valence-corrected chi connectivity index (χ2v) is 8.45. The third-order valence-electron chi connectivity index (χ3n) is 5.79. The molecule has 1 fully saturated rings. The number of rotatable bonds is 7. The summed E-state index contributed by atoms with van der Waals surface area (Å²) in [5.74, 6) is 0.881. The Hall–Kier alpha value is -4.26. The summed E-state index contributed by atoms with van der Waals surface area (Å²) in [6, 6.07) is 22.4. The molecule has 4 aromatic rings. The van der Waals surface area contributed by atoms with Gasteiger partial charge in [-0.3, -0.25) is 9.59 Å². The Morgan fingerprint density at radius 3 is 2.47 bits per heavy atom. The zero-order valence-corrected chi connectivity index (χ0v) is 18.7. The lowest BCUT2D eigenvalue weighted by atomic mass is 10.1. The van der Waals surface area contributed by atoms with Crippen LogP contribution in [0.2, 0.25) is 0 Å². The van der Waals surface area contributed by atoms with Gasteiger partial charge in [0, 0.05) is 34.8 Å². The fourth-order valence-electron chi connectivity index (χ4n) is 3.66. The van der Waals surface area contributed by atoms with Gasteiger partial charge in [-0.25, -0.2) is 0 Å². The van der Waals surface area contributed by atoms with Crippen LogP contribution in [-0.4, -0.2) is 22.0 Å². The molecule has 7 heteroatoms. The smallest absolute Gasteiger partial charge is 0.251 e. The van der Waals surface area contributed by atoms with Gasteiger partial charge in [0.25, 0.3) is 5.91 Å². The van der Waals surface area contributed by atoms with E-state index >= 15 is 0 Å². The minimum absolute atomic E-state index is 0.0635. The van der Waals surface area contributed by atoms with E-state index in [1.807, 2.05) is 55.5 Å². The Morgan fingerprint density at radius 1 is 0.941 bits per heavy atom. The number of anilines is 1. The summed E-state index contributed by atoms with van der Waals surface area (Å²) < 4.78 is 5.85. The quantitative estimate of drug-likeness (QED) is 0.412. The standard InChI is InChI=1S/C27H24N4O3/c1-17-5-2-3-8-23(17)27-31-30-26(34-27)21-13-11-19(12-14-21)24(32)28-16-18-6-4-7-22(15-18)29-25(33)20-9-10-20/h2-8,11-15,20H,9-10,16H2,1H3,(H,28,32)(H,29,33). The monoisotopic (exact) mass is 452 g/mol. The van der Waals surface area contributed by atoms with E-state index in [0.717, 1.165) is 40.8 Å². The molecule has 5 rings (SSSR count). The fraction of sp³-hybridized carbons (Fsp3) is 0.185. The van der Waals surface area contributed by atoms with E-state index < -0.39 is 0 Å². The third-order valence-corrected chi connectivity index (χ3v) is 5.79. The molecule has 1 heterocycles. The Kier molecular flexibility index (Phi) is 5.91. The Bertz CT molecular complexity index is 1340. The summed E-state index contributed by atoms with van der Waals surface area (Å²) in [7, 11) is 0. The second-order valence-electron chi connectivity index (χ2n) is 8.45. The molecule has 0 saturated heterocycles. The van der Waals surface area contributed by atoms with Crippen molar-refractivity contribution in [2.24, 2.45) is 5.92 Å². The van der Waals surface area contributed by atoms with Crippen molar-refractivity contribution in [3.8, 4) is 22.9 Å². The van der Waals surface area contributed by atoms with Gasteiger partial charge in [-0.15, -0.1) is 10.2 Å². The Morgan fingerprint density at radius 2 is 1.71 bits per heavy atom. The first-order chi connectivity index (χ1) is 16.6. The van der Waals surface area contributed by atoms with Crippen molar-refractivity contribution in [1.29, 1.82) is 0 Å². The van der Waals surface area contributed by atoms with Crippen molar-refractivity contribution in [2.45, 2.75) is 26.3 Å². The molecule has 1 saturated carbocycles. The predicted molar refractivity (Wildman–Crippen MR) is 129 cm³/mol. The van der Waals surface area contributed by atoms with Gasteiger partial charge in [-0.1, -0.05) is 30.3 Å². The summed E-state index contributed by atoms with van der Waals surface area (Å²) in [6.07, 6.45) is 1.92. The minimum atomic E-state index is -0.190. The van der Waals surface area contributed by atoms with Crippen molar-refractivity contribution in [1.82, 2.24) is 15.5 Å². The van der Waals surface area contributed by atoms with Crippen LogP contribution in [0.25, 0.3) is 22.9 Å². The number of carbonyl (C=O) groups is 2. The number of aryl methyl sites for hydroxylation is 1. The number of benzene rings is 3. The van der Waals surface area contributed by atoms with Crippen molar-refractivity contribution in [3.05, 3.63) is 89.5 Å². The van der Waals surface area contributed by atoms with Crippen LogP contribution in [0.1, 0.15) is 34.3 Å². The molecule has 1 aliphatic carbocycles. The maximum Gasteiger partial charge on any atom is 0.251 e. The molecule has 0 radical (unpaired) electrons. The summed E-state index contributed by atoms with van der Waals surface area (Å²) in [5, 5.41) is 14.2. The zero-order chi connectivity index (χ0) is 23.5. The number of aromatic nitrogens is 2. The first-order valence-corrected chi connectivity index (χ1v) is 11.2. The first-order valence-electron chi connectivity index (χ1n) is 11.2. The highest BCUT2D eigenvalue weighted by atomic mass is 16.4. The SMILES string of the molecule is Cc1ccccc1-c1nnc(-c2ccc(C(=O)NCc3cccc(NC(=O)C4CC4)c3)cc2)o1. The molecule has 3 aromatic carbocycles. The van der Waals surface area contributed by atoms with Crippen LogP contribution in [0.5, 0.6) is 0 Å². The highest BCUT2D eigenvalue weighted by Gasteiger charge is 2.29. The maximum atomic E-state index is 12.6. The van der Waals surface area contributed by atoms with E-state index in [1.54, 1.807) is 24.3 Å². The predicted octanol–water partition coefficient (Wildman–Crippen LogP) is 4.99. The highest BCUT2D eigenvalue weighted by Crippen LogP contribution is 2.30. The molecule has 170 valence electrons. The molecule has 1 aromatic heterocycles. The van der Waals surface area contributed by atoms with Gasteiger partial charge < -0.3 is 15.1 Å². The number of nitrogens with one attached hydrogen (secondary N) is 2. The zero-order valence-electron chi connectivity index (χ0n) is 18.7. The van der Waals surface area contributed by atoms with Crippen LogP contribution in [-0.2, 0) is 11.3 Å². The average molecular weight is 453 g/mol. The molecule has 0 atom stereocenters. The normalized spacial score (nSPS) is 12.9. The highest BCUT2D eigenvalue weighted by molar-refractivity contribution is 5.95. The maximum absolute atomic E-state index is 12.6. The van der Waals surface area contributed by atoms with Crippen molar-refractivity contribution in [3.63, 3.8) is 0 Å². The minimum Gasteiger partial charge on any atom is -0.416 e. The lowest BCUT2D eigenvalue weighted by Crippen LogP contribution is -2.22. The molecule has 1 aliphatic rings. The summed E-state index contributed by atoms with van der Waals surface area (Å²) in [4.78, 5) is 24.6. The second kappa shape index (κ2) is 9.31. The van der Waals surface area contributed by atoms with Crippen molar-refractivity contribution < 1.29 is 14.0 Å². The molecular formula is C27H24N4O3. The largest absolute Gasteiger partial charge is 0.416 e. The third kappa shape index (κ3) is 4.88. The van der Waals surface area contributed by atoms with E-state index in [1.165, 1.54) is 0 Å². The summed E-state index contributed by atoms with van der Waals surface area (Å²) in [6.45, 7) is 2.35. The van der Waals surface area contributed by atoms with Gasteiger partial charge in [0.15, 0.2) is 0 Å². The Labute approximate surface area is 197 Å². The first kappa shape index (κ1) is 21.6. The van der Waals surface area contributed by atoms with Gasteiger partial charge in [-0.2, -0.15) is 0 Å². The number of carbonyl (C=O) groups excluding carboxylic acids is 2. The lowest BCUT2D eigenvalue weighted by molar-refractivity contribution is -0.117. The molecule has 2 N–H and O–H groups in total. The van der Waals surface area contributed by atoms with Gasteiger partial charge in [0.05, 0.1) is 0 Å². The van der Waals surface area contributed by atoms with E-state index in [-0.39, 0.29) is 17.7 Å². The molecule has 0 spiro atoms. The molecular weight excluding hydrogens is 428 g/mol. The topological polar surface area (TPSA) is 97.1 Å². The molecule has 2 amide bonds. The van der Waals surface area contributed by atoms with E-state index in [0.29, 0.717) is 23.9 Å².